The highest BCUT2D eigenvalue weighted by Gasteiger charge is 2.37. The summed E-state index contributed by atoms with van der Waals surface area (Å²) in [5.41, 5.74) is 0.503. The van der Waals surface area contributed by atoms with E-state index in [2.05, 4.69) is 24.1 Å². The van der Waals surface area contributed by atoms with Crippen LogP contribution in [0, 0.1) is 11.3 Å². The van der Waals surface area contributed by atoms with Crippen molar-refractivity contribution in [2.45, 2.75) is 58.5 Å². The van der Waals surface area contributed by atoms with Gasteiger partial charge in [0.15, 0.2) is 0 Å². The van der Waals surface area contributed by atoms with E-state index in [4.69, 9.17) is 4.74 Å². The van der Waals surface area contributed by atoms with Crippen LogP contribution in [0.3, 0.4) is 0 Å². The van der Waals surface area contributed by atoms with Crippen LogP contribution in [0.1, 0.15) is 52.4 Å². The van der Waals surface area contributed by atoms with E-state index in [1.165, 1.54) is 58.2 Å². The summed E-state index contributed by atoms with van der Waals surface area (Å²) < 4.78 is 5.59. The molecule has 1 heterocycles. The number of hydrogen-bond donors (Lipinski definition) is 1. The molecule has 2 fully saturated rings. The molecule has 0 amide bonds. The zero-order valence-electron chi connectivity index (χ0n) is 13.8. The van der Waals surface area contributed by atoms with Crippen LogP contribution in [-0.4, -0.2) is 50.8 Å². The summed E-state index contributed by atoms with van der Waals surface area (Å²) in [6.07, 6.45) is 8.63. The fourth-order valence-corrected chi connectivity index (χ4v) is 4.34. The van der Waals surface area contributed by atoms with Gasteiger partial charge in [0.25, 0.3) is 0 Å². The van der Waals surface area contributed by atoms with Gasteiger partial charge in [0.05, 0.1) is 6.10 Å². The molecule has 2 aliphatic rings. The Morgan fingerprint density at radius 2 is 2.15 bits per heavy atom. The van der Waals surface area contributed by atoms with E-state index in [9.17, 15) is 0 Å². The van der Waals surface area contributed by atoms with Gasteiger partial charge in [-0.1, -0.05) is 26.7 Å². The Kier molecular flexibility index (Phi) is 6.31. The van der Waals surface area contributed by atoms with Crippen LogP contribution in [-0.2, 0) is 4.74 Å². The van der Waals surface area contributed by atoms with Gasteiger partial charge in [-0.3, -0.25) is 0 Å². The van der Waals surface area contributed by atoms with Gasteiger partial charge in [0.1, 0.15) is 0 Å². The standard InChI is InChI=1S/C17H34N2O/c1-4-18-13-17(9-5-7-15(2)11-17)14-19-10-6-8-16(12-19)20-3/h15-16,18H,4-14H2,1-3H3. The van der Waals surface area contributed by atoms with E-state index >= 15 is 0 Å². The number of ether oxygens (including phenoxy) is 1. The number of hydrogen-bond acceptors (Lipinski definition) is 3. The molecule has 3 atom stereocenters. The molecule has 1 saturated carbocycles. The Morgan fingerprint density at radius 3 is 2.85 bits per heavy atom. The quantitative estimate of drug-likeness (QED) is 0.811. The first kappa shape index (κ1) is 16.3. The zero-order chi connectivity index (χ0) is 14.4. The smallest absolute Gasteiger partial charge is 0.0698 e. The van der Waals surface area contributed by atoms with Crippen LogP contribution in [0.25, 0.3) is 0 Å². The van der Waals surface area contributed by atoms with Crippen LogP contribution >= 0.6 is 0 Å². The largest absolute Gasteiger partial charge is 0.380 e. The SMILES string of the molecule is CCNCC1(CN2CCCC(OC)C2)CCCC(C)C1. The lowest BCUT2D eigenvalue weighted by atomic mass is 9.69. The molecule has 3 heteroatoms. The second kappa shape index (κ2) is 7.77. The molecule has 118 valence electrons. The maximum atomic E-state index is 5.59. The Hall–Kier alpha value is -0.120. The summed E-state index contributed by atoms with van der Waals surface area (Å²) in [5, 5.41) is 3.64. The Labute approximate surface area is 125 Å². The molecule has 1 aliphatic heterocycles. The summed E-state index contributed by atoms with van der Waals surface area (Å²) in [6.45, 7) is 10.6. The van der Waals surface area contributed by atoms with Gasteiger partial charge >= 0.3 is 0 Å². The molecule has 0 spiro atoms. The highest BCUT2D eigenvalue weighted by molar-refractivity contribution is 4.91. The molecule has 0 radical (unpaired) electrons. The summed E-state index contributed by atoms with van der Waals surface area (Å²) in [4.78, 5) is 2.67. The lowest BCUT2D eigenvalue weighted by molar-refractivity contribution is 0.00219. The predicted octanol–water partition coefficient (Wildman–Crippen LogP) is 2.90. The average Bonchev–Trinajstić information content (AvgIpc) is 2.45. The van der Waals surface area contributed by atoms with Gasteiger partial charge in [-0.15, -0.1) is 0 Å². The third-order valence-corrected chi connectivity index (χ3v) is 5.29. The minimum atomic E-state index is 0.459. The highest BCUT2D eigenvalue weighted by atomic mass is 16.5. The lowest BCUT2D eigenvalue weighted by Gasteiger charge is -2.45. The molecule has 2 rings (SSSR count). The zero-order valence-corrected chi connectivity index (χ0v) is 13.8. The van der Waals surface area contributed by atoms with Crippen LogP contribution in [0.2, 0.25) is 0 Å². The van der Waals surface area contributed by atoms with Gasteiger partial charge in [-0.05, 0) is 50.1 Å². The van der Waals surface area contributed by atoms with Crippen LogP contribution in [0.5, 0.6) is 0 Å². The minimum Gasteiger partial charge on any atom is -0.380 e. The number of nitrogens with one attached hydrogen (secondary N) is 1. The molecule has 1 N–H and O–H groups in total. The molecule has 1 aliphatic carbocycles. The number of rotatable bonds is 6. The molecule has 0 aromatic heterocycles. The third-order valence-electron chi connectivity index (χ3n) is 5.29. The number of nitrogens with zero attached hydrogens (tertiary/aromatic N) is 1. The van der Waals surface area contributed by atoms with Crippen molar-refractivity contribution in [2.24, 2.45) is 11.3 Å². The maximum absolute atomic E-state index is 5.59. The van der Waals surface area contributed by atoms with E-state index < -0.39 is 0 Å². The van der Waals surface area contributed by atoms with Gasteiger partial charge < -0.3 is 15.0 Å². The first-order chi connectivity index (χ1) is 9.67. The fourth-order valence-electron chi connectivity index (χ4n) is 4.34. The van der Waals surface area contributed by atoms with E-state index in [1.54, 1.807) is 0 Å². The van der Waals surface area contributed by atoms with Gasteiger partial charge in [-0.2, -0.15) is 0 Å². The van der Waals surface area contributed by atoms with Crippen molar-refractivity contribution in [3.8, 4) is 0 Å². The molecule has 3 unspecified atom stereocenters. The Balaban J connectivity index is 1.95. The van der Waals surface area contributed by atoms with Crippen molar-refractivity contribution in [1.29, 1.82) is 0 Å². The van der Waals surface area contributed by atoms with Crippen molar-refractivity contribution in [3.63, 3.8) is 0 Å². The summed E-state index contributed by atoms with van der Waals surface area (Å²) >= 11 is 0. The van der Waals surface area contributed by atoms with Crippen LogP contribution in [0.4, 0.5) is 0 Å². The molecule has 3 nitrogen and oxygen atoms in total. The monoisotopic (exact) mass is 282 g/mol. The van der Waals surface area contributed by atoms with Crippen molar-refractivity contribution in [2.75, 3.05) is 39.8 Å². The normalized spacial score (nSPS) is 36.1. The summed E-state index contributed by atoms with van der Waals surface area (Å²) in [5.74, 6) is 0.894. The number of piperidine rings is 1. The van der Waals surface area contributed by atoms with Gasteiger partial charge in [-0.25, -0.2) is 0 Å². The molecular weight excluding hydrogens is 248 g/mol. The van der Waals surface area contributed by atoms with E-state index in [1.807, 2.05) is 7.11 Å². The maximum Gasteiger partial charge on any atom is 0.0698 e. The molecule has 1 saturated heterocycles. The highest BCUT2D eigenvalue weighted by Crippen LogP contribution is 2.40. The number of methoxy groups -OCH3 is 1. The first-order valence-electron chi connectivity index (χ1n) is 8.63. The van der Waals surface area contributed by atoms with Crippen molar-refractivity contribution >= 4 is 0 Å². The van der Waals surface area contributed by atoms with Gasteiger partial charge in [0, 0.05) is 26.7 Å². The first-order valence-corrected chi connectivity index (χ1v) is 8.63. The van der Waals surface area contributed by atoms with Crippen molar-refractivity contribution in [3.05, 3.63) is 0 Å². The van der Waals surface area contributed by atoms with Crippen molar-refractivity contribution in [1.82, 2.24) is 10.2 Å². The molecule has 0 bridgehead atoms. The third kappa shape index (κ3) is 4.44. The Bertz CT molecular complexity index is 284. The fraction of sp³-hybridized carbons (Fsp3) is 1.00. The lowest BCUT2D eigenvalue weighted by Crippen LogP contribution is -2.50. The second-order valence-corrected chi connectivity index (χ2v) is 7.22. The van der Waals surface area contributed by atoms with Crippen LogP contribution < -0.4 is 5.32 Å². The Morgan fingerprint density at radius 1 is 1.30 bits per heavy atom. The average molecular weight is 282 g/mol. The molecular formula is C17H34N2O. The summed E-state index contributed by atoms with van der Waals surface area (Å²) in [6, 6.07) is 0. The van der Waals surface area contributed by atoms with Gasteiger partial charge in [0.2, 0.25) is 0 Å². The van der Waals surface area contributed by atoms with Crippen LogP contribution in [0.15, 0.2) is 0 Å². The van der Waals surface area contributed by atoms with E-state index in [0.717, 1.165) is 19.0 Å². The van der Waals surface area contributed by atoms with Crippen molar-refractivity contribution < 1.29 is 4.74 Å². The van der Waals surface area contributed by atoms with E-state index in [0.29, 0.717) is 11.5 Å². The number of likely N-dealkylation sites (tertiary alicyclic amines) is 1. The predicted molar refractivity (Wildman–Crippen MR) is 85.1 cm³/mol. The minimum absolute atomic E-state index is 0.459. The molecule has 20 heavy (non-hydrogen) atoms. The molecule has 0 aromatic carbocycles. The van der Waals surface area contributed by atoms with E-state index in [-0.39, 0.29) is 0 Å². The topological polar surface area (TPSA) is 24.5 Å². The summed E-state index contributed by atoms with van der Waals surface area (Å²) in [7, 11) is 1.87. The second-order valence-electron chi connectivity index (χ2n) is 7.22. The molecule has 0 aromatic rings.